The van der Waals surface area contributed by atoms with Crippen molar-refractivity contribution in [3.05, 3.63) is 166 Å². The zero-order chi connectivity index (χ0) is 47.5. The van der Waals surface area contributed by atoms with Crippen LogP contribution in [0.4, 0.5) is 0 Å². The maximum Gasteiger partial charge on any atom is 0.266 e. The number of para-hydroxylation sites is 2. The van der Waals surface area contributed by atoms with Crippen molar-refractivity contribution in [2.45, 2.75) is 87.2 Å². The molecule has 6 heterocycles. The second kappa shape index (κ2) is 21.1. The molecule has 1 N–H and O–H groups in total. The minimum absolute atomic E-state index is 0. The summed E-state index contributed by atoms with van der Waals surface area (Å²) < 4.78 is 23.4. The number of fused-ring (bicyclic) bond motifs is 4. The van der Waals surface area contributed by atoms with E-state index in [-0.39, 0.29) is 26.0 Å². The minimum atomic E-state index is -1.17. The first-order valence-corrected chi connectivity index (χ1v) is 25.9. The Morgan fingerprint density at radius 2 is 1.16 bits per heavy atom. The molecule has 2 unspecified atom stereocenters. The van der Waals surface area contributed by atoms with Crippen LogP contribution in [0.3, 0.4) is 0 Å². The molecular formula is C52H58N12O5Si. The molecule has 0 saturated carbocycles. The lowest BCUT2D eigenvalue weighted by Crippen LogP contribution is -2.27. The summed E-state index contributed by atoms with van der Waals surface area (Å²) in [7, 11) is -1.17. The van der Waals surface area contributed by atoms with Gasteiger partial charge in [0.2, 0.25) is 11.8 Å². The highest BCUT2D eigenvalue weighted by Gasteiger charge is 2.24. The number of hydrogen-bond donors (Lipinski definition) is 1. The maximum atomic E-state index is 13.7. The van der Waals surface area contributed by atoms with E-state index < -0.39 is 20.3 Å². The Bertz CT molecular complexity index is 3540. The molecule has 0 amide bonds. The molecule has 6 aromatic heterocycles. The first-order valence-electron chi connectivity index (χ1n) is 22.2. The number of nitrogens with zero attached hydrogens (tertiary/aromatic N) is 11. The SMILES string of the molecule is C.C.Cc1cccc2nc(C(C)Oc3ncnc4c3ncn4COCC[Si](C)(C)C)n(-c3ccccc3)c(=O)c12.Cc1cccc2nc(C(C)Oc3ncnc4nc[nH]c34)n(-c3ccccc3)c(=O)c12. The van der Waals surface area contributed by atoms with Gasteiger partial charge in [0, 0.05) is 14.7 Å². The summed E-state index contributed by atoms with van der Waals surface area (Å²) in [6.07, 6.45) is 4.89. The average molecular weight is 959 g/mol. The lowest BCUT2D eigenvalue weighted by Gasteiger charge is -2.20. The summed E-state index contributed by atoms with van der Waals surface area (Å²) in [5.74, 6) is 1.63. The maximum absolute atomic E-state index is 13.7. The zero-order valence-corrected chi connectivity index (χ0v) is 39.8. The van der Waals surface area contributed by atoms with Gasteiger partial charge in [0.25, 0.3) is 11.1 Å². The summed E-state index contributed by atoms with van der Waals surface area (Å²) in [5.41, 5.74) is 6.42. The molecule has 0 saturated heterocycles. The van der Waals surface area contributed by atoms with Crippen molar-refractivity contribution in [1.29, 1.82) is 0 Å². The Morgan fingerprint density at radius 3 is 1.71 bits per heavy atom. The van der Waals surface area contributed by atoms with Crippen molar-refractivity contribution in [3.63, 3.8) is 0 Å². The molecule has 360 valence electrons. The largest absolute Gasteiger partial charge is 0.465 e. The Morgan fingerprint density at radius 1 is 0.629 bits per heavy atom. The van der Waals surface area contributed by atoms with Gasteiger partial charge < -0.3 is 19.2 Å². The molecule has 0 spiro atoms. The van der Waals surface area contributed by atoms with Crippen LogP contribution in [0.5, 0.6) is 11.8 Å². The number of hydrogen-bond acceptors (Lipinski definition) is 13. The molecule has 0 fully saturated rings. The number of imidazole rings is 2. The predicted octanol–water partition coefficient (Wildman–Crippen LogP) is 10.1. The third-order valence-corrected chi connectivity index (χ3v) is 13.1. The van der Waals surface area contributed by atoms with Crippen LogP contribution in [-0.2, 0) is 11.5 Å². The number of H-pyrrole nitrogens is 1. The molecule has 70 heavy (non-hydrogen) atoms. The van der Waals surface area contributed by atoms with Gasteiger partial charge in [-0.2, -0.15) is 9.97 Å². The van der Waals surface area contributed by atoms with Crippen LogP contribution in [0.1, 0.15) is 63.7 Å². The normalized spacial score (nSPS) is 12.2. The Balaban J connectivity index is 0.000000205. The fourth-order valence-corrected chi connectivity index (χ4v) is 8.63. The van der Waals surface area contributed by atoms with Gasteiger partial charge in [-0.05, 0) is 81.3 Å². The molecule has 10 aromatic rings. The summed E-state index contributed by atoms with van der Waals surface area (Å²) in [6, 6.07) is 31.3. The van der Waals surface area contributed by atoms with Gasteiger partial charge >= 0.3 is 0 Å². The van der Waals surface area contributed by atoms with Gasteiger partial charge in [0.1, 0.15) is 24.9 Å². The van der Waals surface area contributed by atoms with E-state index >= 15 is 0 Å². The van der Waals surface area contributed by atoms with Crippen molar-refractivity contribution >= 4 is 52.2 Å². The molecule has 2 atom stereocenters. The highest BCUT2D eigenvalue weighted by atomic mass is 28.3. The van der Waals surface area contributed by atoms with E-state index in [1.807, 2.05) is 129 Å². The number of aromatic amines is 1. The Labute approximate surface area is 406 Å². The van der Waals surface area contributed by atoms with Crippen LogP contribution >= 0.6 is 0 Å². The van der Waals surface area contributed by atoms with Gasteiger partial charge in [0.05, 0.1) is 45.8 Å². The van der Waals surface area contributed by atoms with Crippen LogP contribution in [0.2, 0.25) is 25.7 Å². The topological polar surface area (TPSA) is 196 Å². The Kier molecular flexibility index (Phi) is 15.1. The molecular weight excluding hydrogens is 901 g/mol. The molecule has 0 aliphatic rings. The van der Waals surface area contributed by atoms with Gasteiger partial charge in [0.15, 0.2) is 40.7 Å². The molecule has 17 nitrogen and oxygen atoms in total. The van der Waals surface area contributed by atoms with Crippen molar-refractivity contribution in [1.82, 2.24) is 58.6 Å². The highest BCUT2D eigenvalue weighted by molar-refractivity contribution is 6.76. The lowest BCUT2D eigenvalue weighted by molar-refractivity contribution is 0.0894. The van der Waals surface area contributed by atoms with Crippen LogP contribution < -0.4 is 20.6 Å². The molecule has 0 bridgehead atoms. The van der Waals surface area contributed by atoms with Crippen LogP contribution in [0, 0.1) is 13.8 Å². The summed E-state index contributed by atoms with van der Waals surface area (Å²) in [4.78, 5) is 65.7. The number of nitrogens with one attached hydrogen (secondary N) is 1. The fraction of sp³-hybridized carbons (Fsp3) is 0.269. The molecule has 0 radical (unpaired) electrons. The smallest absolute Gasteiger partial charge is 0.266 e. The van der Waals surface area contributed by atoms with E-state index in [4.69, 9.17) is 24.2 Å². The number of rotatable bonds is 13. The van der Waals surface area contributed by atoms with Crippen LogP contribution in [0.25, 0.3) is 55.5 Å². The van der Waals surface area contributed by atoms with Crippen LogP contribution in [0.15, 0.2) is 132 Å². The summed E-state index contributed by atoms with van der Waals surface area (Å²) in [5, 5.41) is 1.18. The van der Waals surface area contributed by atoms with Crippen LogP contribution in [-0.4, -0.2) is 73.2 Å². The van der Waals surface area contributed by atoms with E-state index in [2.05, 4.69) is 54.5 Å². The van der Waals surface area contributed by atoms with Crippen molar-refractivity contribution < 1.29 is 14.2 Å². The minimum Gasteiger partial charge on any atom is -0.465 e. The average Bonchev–Trinajstić information content (AvgIpc) is 3.99. The van der Waals surface area contributed by atoms with Crippen molar-refractivity contribution in [2.24, 2.45) is 0 Å². The van der Waals surface area contributed by atoms with Gasteiger partial charge in [-0.15, -0.1) is 0 Å². The first kappa shape index (κ1) is 49.9. The number of aryl methyl sites for hydroxylation is 2. The van der Waals surface area contributed by atoms with Gasteiger partial charge in [-0.3, -0.25) is 23.3 Å². The summed E-state index contributed by atoms with van der Waals surface area (Å²) in [6.45, 7) is 15.5. The third-order valence-electron chi connectivity index (χ3n) is 11.4. The second-order valence-electron chi connectivity index (χ2n) is 17.5. The molecule has 4 aromatic carbocycles. The van der Waals surface area contributed by atoms with E-state index in [0.717, 1.165) is 22.9 Å². The van der Waals surface area contributed by atoms with Gasteiger partial charge in [-0.25, -0.2) is 29.9 Å². The fourth-order valence-electron chi connectivity index (χ4n) is 7.88. The molecule has 0 aliphatic heterocycles. The number of aromatic nitrogens is 12. The zero-order valence-electron chi connectivity index (χ0n) is 38.8. The second-order valence-corrected chi connectivity index (χ2v) is 23.2. The molecule has 18 heteroatoms. The predicted molar refractivity (Wildman–Crippen MR) is 277 cm³/mol. The quantitative estimate of drug-likeness (QED) is 0.0848. The molecule has 0 aliphatic carbocycles. The lowest BCUT2D eigenvalue weighted by atomic mass is 10.1. The highest BCUT2D eigenvalue weighted by Crippen LogP contribution is 2.29. The first-order chi connectivity index (χ1) is 32.9. The number of benzene rings is 4. The molecule has 10 rings (SSSR count). The van der Waals surface area contributed by atoms with E-state index in [1.54, 1.807) is 15.5 Å². The monoisotopic (exact) mass is 958 g/mol. The van der Waals surface area contributed by atoms with Gasteiger partial charge in [-0.1, -0.05) is 95.2 Å². The standard InChI is InChI=1S/C28H32N6O3Si.C22H18N6O2.2CH4/c1-19-10-9-13-22-23(19)28(35)34(21-11-7-6-8-12-21)25(32-22)20(2)37-27-24-26(29-16-30-27)33(17-31-24)18-36-14-15-38(3,4)5;1-13-7-6-10-16-17(13)22(29)28(15-8-4-3-5-9-15)20(27-16)14(2)30-21-18-19(24-11-23-18)25-12-26-21;;/h6-13,16-17,20H,14-15,18H2,1-5H3;3-12,14H,1-2H3,(H,23,24,25,26);2*1H4. The van der Waals surface area contributed by atoms with Crippen molar-refractivity contribution in [2.75, 3.05) is 6.61 Å². The third kappa shape index (κ3) is 10.2. The van der Waals surface area contributed by atoms with Crippen molar-refractivity contribution in [3.8, 4) is 23.1 Å². The van der Waals surface area contributed by atoms with E-state index in [0.29, 0.717) is 86.6 Å². The van der Waals surface area contributed by atoms with E-state index in [9.17, 15) is 9.59 Å². The Hall–Kier alpha value is -7.96. The summed E-state index contributed by atoms with van der Waals surface area (Å²) >= 11 is 0. The number of ether oxygens (including phenoxy) is 3. The van der Waals surface area contributed by atoms with E-state index in [1.165, 1.54) is 19.0 Å².